The smallest absolute Gasteiger partial charge is 0.0431 e. The third-order valence-corrected chi connectivity index (χ3v) is 3.48. The SMILES string of the molecule is CC(C)=NCCCCCCSCCCCO. The van der Waals surface area contributed by atoms with E-state index in [0.29, 0.717) is 6.61 Å². The quantitative estimate of drug-likeness (QED) is 0.446. The van der Waals surface area contributed by atoms with E-state index in [0.717, 1.165) is 19.4 Å². The molecule has 1 N–H and O–H groups in total. The van der Waals surface area contributed by atoms with Gasteiger partial charge in [0.25, 0.3) is 0 Å². The number of nitrogens with zero attached hydrogens (tertiary/aromatic N) is 1. The van der Waals surface area contributed by atoms with Gasteiger partial charge in [-0.3, -0.25) is 4.99 Å². The molecule has 0 aliphatic rings. The van der Waals surface area contributed by atoms with Gasteiger partial charge in [-0.15, -0.1) is 0 Å². The number of thioether (sulfide) groups is 1. The maximum atomic E-state index is 8.61. The lowest BCUT2D eigenvalue weighted by atomic mass is 10.2. The van der Waals surface area contributed by atoms with E-state index >= 15 is 0 Å². The molecular formula is C13H27NOS. The van der Waals surface area contributed by atoms with Gasteiger partial charge in [-0.25, -0.2) is 0 Å². The summed E-state index contributed by atoms with van der Waals surface area (Å²) in [7, 11) is 0. The van der Waals surface area contributed by atoms with Crippen molar-refractivity contribution in [3.8, 4) is 0 Å². The second kappa shape index (κ2) is 13.0. The van der Waals surface area contributed by atoms with Gasteiger partial charge in [0, 0.05) is 18.9 Å². The standard InChI is InChI=1S/C13H27NOS/c1-13(2)14-9-5-3-4-7-11-16-12-8-6-10-15/h15H,3-12H2,1-2H3. The van der Waals surface area contributed by atoms with E-state index in [1.54, 1.807) is 0 Å². The van der Waals surface area contributed by atoms with Crippen LogP contribution in [-0.4, -0.2) is 35.5 Å². The molecule has 0 aliphatic carbocycles. The first kappa shape index (κ1) is 16.0. The van der Waals surface area contributed by atoms with E-state index in [-0.39, 0.29) is 0 Å². The molecule has 0 radical (unpaired) electrons. The summed E-state index contributed by atoms with van der Waals surface area (Å²) in [5.41, 5.74) is 1.19. The van der Waals surface area contributed by atoms with Crippen LogP contribution < -0.4 is 0 Å². The van der Waals surface area contributed by atoms with Crippen LogP contribution in [-0.2, 0) is 0 Å². The lowest BCUT2D eigenvalue weighted by Gasteiger charge is -2.01. The van der Waals surface area contributed by atoms with E-state index in [2.05, 4.69) is 18.8 Å². The Kier molecular flexibility index (Phi) is 13.0. The molecule has 0 spiro atoms. The zero-order chi connectivity index (χ0) is 12.1. The van der Waals surface area contributed by atoms with Gasteiger partial charge in [-0.1, -0.05) is 12.8 Å². The van der Waals surface area contributed by atoms with Crippen LogP contribution in [0, 0.1) is 0 Å². The maximum Gasteiger partial charge on any atom is 0.0431 e. The fourth-order valence-corrected chi connectivity index (χ4v) is 2.41. The molecule has 96 valence electrons. The fourth-order valence-electron chi connectivity index (χ4n) is 1.39. The molecule has 3 heteroatoms. The van der Waals surface area contributed by atoms with Crippen molar-refractivity contribution in [1.82, 2.24) is 0 Å². The average Bonchev–Trinajstić information content (AvgIpc) is 2.25. The molecule has 0 heterocycles. The largest absolute Gasteiger partial charge is 0.396 e. The normalized spacial score (nSPS) is 10.4. The summed E-state index contributed by atoms with van der Waals surface area (Å²) in [5, 5.41) is 8.61. The number of aliphatic hydroxyl groups is 1. The van der Waals surface area contributed by atoms with Crippen molar-refractivity contribution in [3.05, 3.63) is 0 Å². The van der Waals surface area contributed by atoms with Crippen LogP contribution in [0.2, 0.25) is 0 Å². The molecule has 0 saturated heterocycles. The Balaban J connectivity index is 2.96. The van der Waals surface area contributed by atoms with E-state index in [4.69, 9.17) is 5.11 Å². The average molecular weight is 245 g/mol. The summed E-state index contributed by atoms with van der Waals surface area (Å²) >= 11 is 2.02. The maximum absolute atomic E-state index is 8.61. The lowest BCUT2D eigenvalue weighted by Crippen LogP contribution is -1.90. The Bertz CT molecular complexity index is 167. The second-order valence-electron chi connectivity index (χ2n) is 4.29. The molecular weight excluding hydrogens is 218 g/mol. The van der Waals surface area contributed by atoms with Gasteiger partial charge in [-0.2, -0.15) is 11.8 Å². The highest BCUT2D eigenvalue weighted by molar-refractivity contribution is 7.99. The van der Waals surface area contributed by atoms with Crippen LogP contribution in [0.4, 0.5) is 0 Å². The van der Waals surface area contributed by atoms with Crippen molar-refractivity contribution in [1.29, 1.82) is 0 Å². The zero-order valence-corrected chi connectivity index (χ0v) is 11.7. The van der Waals surface area contributed by atoms with E-state index in [1.807, 2.05) is 11.8 Å². The summed E-state index contributed by atoms with van der Waals surface area (Å²) < 4.78 is 0. The highest BCUT2D eigenvalue weighted by Gasteiger charge is 1.92. The summed E-state index contributed by atoms with van der Waals surface area (Å²) in [5.74, 6) is 2.49. The molecule has 0 saturated carbocycles. The minimum atomic E-state index is 0.345. The van der Waals surface area contributed by atoms with Crippen LogP contribution in [0.25, 0.3) is 0 Å². The highest BCUT2D eigenvalue weighted by atomic mass is 32.2. The molecule has 0 aliphatic heterocycles. The van der Waals surface area contributed by atoms with Gasteiger partial charge in [0.05, 0.1) is 0 Å². The number of aliphatic hydroxyl groups excluding tert-OH is 1. The first-order valence-electron chi connectivity index (χ1n) is 6.43. The molecule has 0 bridgehead atoms. The molecule has 2 nitrogen and oxygen atoms in total. The summed E-state index contributed by atoms with van der Waals surface area (Å²) in [6.07, 6.45) is 7.34. The minimum absolute atomic E-state index is 0.345. The van der Waals surface area contributed by atoms with Gasteiger partial charge in [-0.05, 0) is 51.0 Å². The molecule has 0 unspecified atom stereocenters. The van der Waals surface area contributed by atoms with E-state index < -0.39 is 0 Å². The number of hydrogen-bond acceptors (Lipinski definition) is 3. The summed E-state index contributed by atoms with van der Waals surface area (Å²) in [4.78, 5) is 4.38. The summed E-state index contributed by atoms with van der Waals surface area (Å²) in [6.45, 7) is 5.47. The first-order chi connectivity index (χ1) is 7.77. The number of hydrogen-bond donors (Lipinski definition) is 1. The Morgan fingerprint density at radius 2 is 1.56 bits per heavy atom. The second-order valence-corrected chi connectivity index (χ2v) is 5.51. The highest BCUT2D eigenvalue weighted by Crippen LogP contribution is 2.09. The van der Waals surface area contributed by atoms with Crippen molar-refractivity contribution >= 4 is 17.5 Å². The van der Waals surface area contributed by atoms with Crippen molar-refractivity contribution in [2.45, 2.75) is 52.4 Å². The van der Waals surface area contributed by atoms with E-state index in [9.17, 15) is 0 Å². The van der Waals surface area contributed by atoms with Crippen LogP contribution in [0.5, 0.6) is 0 Å². The monoisotopic (exact) mass is 245 g/mol. The van der Waals surface area contributed by atoms with Crippen molar-refractivity contribution < 1.29 is 5.11 Å². The Hall–Kier alpha value is -0.0200. The van der Waals surface area contributed by atoms with Crippen LogP contribution in [0.1, 0.15) is 52.4 Å². The van der Waals surface area contributed by atoms with Crippen LogP contribution in [0.3, 0.4) is 0 Å². The van der Waals surface area contributed by atoms with E-state index in [1.165, 1.54) is 42.9 Å². The zero-order valence-electron chi connectivity index (χ0n) is 10.9. The Morgan fingerprint density at radius 1 is 0.938 bits per heavy atom. The van der Waals surface area contributed by atoms with Gasteiger partial charge in [0.2, 0.25) is 0 Å². The topological polar surface area (TPSA) is 32.6 Å². The molecule has 0 aromatic carbocycles. The molecule has 0 amide bonds. The molecule has 0 fully saturated rings. The Labute approximate surface area is 105 Å². The molecule has 0 aromatic rings. The molecule has 0 atom stereocenters. The van der Waals surface area contributed by atoms with Crippen LogP contribution >= 0.6 is 11.8 Å². The van der Waals surface area contributed by atoms with Gasteiger partial charge in [0.1, 0.15) is 0 Å². The number of rotatable bonds is 11. The third-order valence-electron chi connectivity index (χ3n) is 2.32. The minimum Gasteiger partial charge on any atom is -0.396 e. The molecule has 0 aromatic heterocycles. The van der Waals surface area contributed by atoms with Crippen molar-refractivity contribution in [3.63, 3.8) is 0 Å². The Morgan fingerprint density at radius 3 is 2.19 bits per heavy atom. The van der Waals surface area contributed by atoms with Gasteiger partial charge in [0.15, 0.2) is 0 Å². The first-order valence-corrected chi connectivity index (χ1v) is 7.59. The molecule has 0 rings (SSSR count). The number of unbranched alkanes of at least 4 members (excludes halogenated alkanes) is 4. The van der Waals surface area contributed by atoms with Crippen molar-refractivity contribution in [2.75, 3.05) is 24.7 Å². The lowest BCUT2D eigenvalue weighted by molar-refractivity contribution is 0.287. The summed E-state index contributed by atoms with van der Waals surface area (Å²) in [6, 6.07) is 0. The van der Waals surface area contributed by atoms with Crippen molar-refractivity contribution in [2.24, 2.45) is 4.99 Å². The number of aliphatic imine (C=N–C) groups is 1. The molecule has 16 heavy (non-hydrogen) atoms. The van der Waals surface area contributed by atoms with Crippen LogP contribution in [0.15, 0.2) is 4.99 Å². The predicted octanol–water partition coefficient (Wildman–Crippen LogP) is 3.53. The van der Waals surface area contributed by atoms with Gasteiger partial charge < -0.3 is 5.11 Å². The third kappa shape index (κ3) is 14.0. The van der Waals surface area contributed by atoms with Gasteiger partial charge >= 0.3 is 0 Å². The predicted molar refractivity (Wildman–Crippen MR) is 75.8 cm³/mol. The fraction of sp³-hybridized carbons (Fsp3) is 0.923.